The van der Waals surface area contributed by atoms with Crippen molar-refractivity contribution in [3.63, 3.8) is 0 Å². The van der Waals surface area contributed by atoms with Gasteiger partial charge in [-0.05, 0) is 41.5 Å². The van der Waals surface area contributed by atoms with Gasteiger partial charge in [-0.15, -0.1) is 0 Å². The van der Waals surface area contributed by atoms with Crippen LogP contribution in [0.4, 0.5) is 17.5 Å². The van der Waals surface area contributed by atoms with Gasteiger partial charge in [0.05, 0.1) is 18.7 Å². The van der Waals surface area contributed by atoms with Gasteiger partial charge in [-0.3, -0.25) is 4.90 Å². The highest BCUT2D eigenvalue weighted by atomic mass is 79.9. The molecule has 166 valence electrons. The van der Waals surface area contributed by atoms with Gasteiger partial charge in [0.25, 0.3) is 0 Å². The molecule has 0 spiro atoms. The van der Waals surface area contributed by atoms with Gasteiger partial charge < -0.3 is 21.2 Å². The summed E-state index contributed by atoms with van der Waals surface area (Å²) in [4.78, 5) is 11.3. The molecule has 3 heterocycles. The summed E-state index contributed by atoms with van der Waals surface area (Å²) in [5.41, 5.74) is 13.5. The van der Waals surface area contributed by atoms with Crippen molar-refractivity contribution >= 4 is 49.9 Å². The number of nitrogen functional groups attached to an aromatic ring is 1. The molecular formula is C23H26BrN7O. The molecule has 0 radical (unpaired) electrons. The highest BCUT2D eigenvalue weighted by molar-refractivity contribution is 9.10. The van der Waals surface area contributed by atoms with Gasteiger partial charge in [0.1, 0.15) is 5.82 Å². The Morgan fingerprint density at radius 1 is 1.09 bits per heavy atom. The first kappa shape index (κ1) is 21.1. The molecule has 0 unspecified atom stereocenters. The third-order valence-electron chi connectivity index (χ3n) is 5.74. The molecule has 3 aromatic rings. The van der Waals surface area contributed by atoms with Gasteiger partial charge in [-0.1, -0.05) is 28.1 Å². The van der Waals surface area contributed by atoms with Crippen LogP contribution in [0.3, 0.4) is 0 Å². The van der Waals surface area contributed by atoms with Crippen LogP contribution in [0, 0.1) is 0 Å². The zero-order valence-corrected chi connectivity index (χ0v) is 19.3. The number of rotatable bonds is 6. The lowest BCUT2D eigenvalue weighted by Crippen LogP contribution is -2.43. The second kappa shape index (κ2) is 9.41. The number of nitrogens with zero attached hydrogens (tertiary/aromatic N) is 4. The summed E-state index contributed by atoms with van der Waals surface area (Å²) >= 11 is 3.51. The highest BCUT2D eigenvalue weighted by Gasteiger charge is 2.18. The van der Waals surface area contributed by atoms with E-state index in [4.69, 9.17) is 10.5 Å². The fraction of sp³-hybridized carbons (Fsp3) is 0.304. The number of anilines is 3. The van der Waals surface area contributed by atoms with E-state index in [2.05, 4.69) is 64.9 Å². The van der Waals surface area contributed by atoms with E-state index in [1.165, 1.54) is 5.57 Å². The normalized spacial score (nSPS) is 17.3. The van der Waals surface area contributed by atoms with Gasteiger partial charge in [0.2, 0.25) is 5.95 Å². The fourth-order valence-electron chi connectivity index (χ4n) is 4.02. The van der Waals surface area contributed by atoms with Crippen LogP contribution in [0.1, 0.15) is 5.56 Å². The van der Waals surface area contributed by atoms with E-state index in [9.17, 15) is 0 Å². The molecule has 2 aliphatic heterocycles. The second-order valence-corrected chi connectivity index (χ2v) is 8.89. The third kappa shape index (κ3) is 4.86. The van der Waals surface area contributed by atoms with E-state index in [0.717, 1.165) is 72.6 Å². The molecule has 8 nitrogen and oxygen atoms in total. The number of halogens is 1. The molecule has 2 aliphatic rings. The molecule has 1 aromatic heterocycles. The smallest absolute Gasteiger partial charge is 0.222 e. The van der Waals surface area contributed by atoms with Crippen molar-refractivity contribution in [2.75, 3.05) is 57.0 Å². The maximum absolute atomic E-state index is 5.97. The van der Waals surface area contributed by atoms with Crippen LogP contribution in [-0.4, -0.2) is 65.8 Å². The number of nitrogens with two attached hydrogens (primary N) is 1. The Labute approximate surface area is 195 Å². The van der Waals surface area contributed by atoms with Crippen LogP contribution in [0.15, 0.2) is 53.1 Å². The van der Waals surface area contributed by atoms with E-state index in [1.807, 2.05) is 30.3 Å². The Hall–Kier alpha value is -2.72. The van der Waals surface area contributed by atoms with E-state index >= 15 is 0 Å². The Morgan fingerprint density at radius 3 is 2.81 bits per heavy atom. The number of nitrogens with one attached hydrogen (secondary N) is 2. The van der Waals surface area contributed by atoms with Crippen LogP contribution in [0.25, 0.3) is 16.5 Å². The molecule has 0 atom stereocenters. The first-order valence-electron chi connectivity index (χ1n) is 10.7. The van der Waals surface area contributed by atoms with Gasteiger partial charge in [0, 0.05) is 54.5 Å². The zero-order valence-electron chi connectivity index (χ0n) is 17.7. The highest BCUT2D eigenvalue weighted by Crippen LogP contribution is 2.29. The minimum Gasteiger partial charge on any atom is -0.379 e. The van der Waals surface area contributed by atoms with Crippen LogP contribution in [0.2, 0.25) is 0 Å². The number of hydrogen-bond donors (Lipinski definition) is 3. The first-order valence-corrected chi connectivity index (χ1v) is 11.5. The molecule has 2 aromatic carbocycles. The molecule has 9 heteroatoms. The predicted octanol–water partition coefficient (Wildman–Crippen LogP) is 3.21. The molecule has 0 amide bonds. The van der Waals surface area contributed by atoms with E-state index in [-0.39, 0.29) is 5.95 Å². The Bertz CT molecular complexity index is 1150. The topological polar surface area (TPSA) is 91.6 Å². The number of benzene rings is 2. The average Bonchev–Trinajstić information content (AvgIpc) is 3.27. The minimum atomic E-state index is 0.249. The number of hydrogen-bond acceptors (Lipinski definition) is 8. The summed E-state index contributed by atoms with van der Waals surface area (Å²) in [5.74, 6) is 0.946. The van der Waals surface area contributed by atoms with Gasteiger partial charge in [-0.2, -0.15) is 4.98 Å². The van der Waals surface area contributed by atoms with Crippen molar-refractivity contribution in [2.24, 2.45) is 0 Å². The minimum absolute atomic E-state index is 0.249. The standard InChI is InChI=1S/C23H26BrN7O/c24-18-2-1-3-19(13-18)27-22-20-12-16(4-5-21(20)28-23(25)29-22)17-14-26-31(15-17)7-6-30-8-10-32-11-9-30/h1-5,12-14,26H,6-11,15H2,(H3,25,27,28,29). The summed E-state index contributed by atoms with van der Waals surface area (Å²) in [7, 11) is 0. The largest absolute Gasteiger partial charge is 0.379 e. The van der Waals surface area contributed by atoms with Crippen LogP contribution < -0.4 is 16.5 Å². The molecule has 0 saturated carbocycles. The molecule has 1 saturated heterocycles. The van der Waals surface area contributed by atoms with Crippen molar-refractivity contribution in [3.8, 4) is 0 Å². The summed E-state index contributed by atoms with van der Waals surface area (Å²) < 4.78 is 6.43. The van der Waals surface area contributed by atoms with E-state index < -0.39 is 0 Å². The van der Waals surface area contributed by atoms with Crippen molar-refractivity contribution in [2.45, 2.75) is 0 Å². The van der Waals surface area contributed by atoms with Crippen molar-refractivity contribution in [1.29, 1.82) is 0 Å². The quantitative estimate of drug-likeness (QED) is 0.480. The van der Waals surface area contributed by atoms with Crippen molar-refractivity contribution < 1.29 is 4.74 Å². The number of aromatic nitrogens is 2. The third-order valence-corrected chi connectivity index (χ3v) is 6.24. The number of morpholine rings is 1. The van der Waals surface area contributed by atoms with E-state index in [0.29, 0.717) is 5.82 Å². The lowest BCUT2D eigenvalue weighted by atomic mass is 10.0. The molecule has 0 aliphatic carbocycles. The van der Waals surface area contributed by atoms with Gasteiger partial charge in [-0.25, -0.2) is 9.99 Å². The number of hydrazine groups is 1. The summed E-state index contributed by atoms with van der Waals surface area (Å²) in [6.45, 7) is 6.52. The maximum atomic E-state index is 5.97. The molecule has 0 bridgehead atoms. The van der Waals surface area contributed by atoms with Crippen LogP contribution in [-0.2, 0) is 4.74 Å². The fourth-order valence-corrected chi connectivity index (χ4v) is 4.41. The zero-order chi connectivity index (χ0) is 21.9. The van der Waals surface area contributed by atoms with E-state index in [1.54, 1.807) is 0 Å². The van der Waals surface area contributed by atoms with Gasteiger partial charge in [0.15, 0.2) is 0 Å². The lowest BCUT2D eigenvalue weighted by Gasteiger charge is -2.28. The number of fused-ring (bicyclic) bond motifs is 1. The number of ether oxygens (including phenoxy) is 1. The van der Waals surface area contributed by atoms with Crippen molar-refractivity contribution in [1.82, 2.24) is 25.3 Å². The van der Waals surface area contributed by atoms with Crippen LogP contribution >= 0.6 is 15.9 Å². The predicted molar refractivity (Wildman–Crippen MR) is 131 cm³/mol. The van der Waals surface area contributed by atoms with Crippen molar-refractivity contribution in [3.05, 3.63) is 58.7 Å². The Balaban J connectivity index is 1.33. The van der Waals surface area contributed by atoms with Gasteiger partial charge >= 0.3 is 0 Å². The molecular weight excluding hydrogens is 470 g/mol. The molecule has 1 fully saturated rings. The SMILES string of the molecule is Nc1nc(Nc2cccc(Br)c2)c2cc(C3=CNN(CCN4CCOCC4)C3)ccc2n1. The molecule has 32 heavy (non-hydrogen) atoms. The monoisotopic (exact) mass is 495 g/mol. The molecule has 4 N–H and O–H groups in total. The molecule has 5 rings (SSSR count). The van der Waals surface area contributed by atoms with Crippen LogP contribution in [0.5, 0.6) is 0 Å². The Kier molecular flexibility index (Phi) is 6.22. The first-order chi connectivity index (χ1) is 15.6. The summed E-state index contributed by atoms with van der Waals surface area (Å²) in [6.07, 6.45) is 2.08. The Morgan fingerprint density at radius 2 is 1.97 bits per heavy atom. The lowest BCUT2D eigenvalue weighted by molar-refractivity contribution is 0.0327. The summed E-state index contributed by atoms with van der Waals surface area (Å²) in [5, 5.41) is 6.57. The maximum Gasteiger partial charge on any atom is 0.222 e. The summed E-state index contributed by atoms with van der Waals surface area (Å²) in [6, 6.07) is 14.2. The average molecular weight is 496 g/mol. The second-order valence-electron chi connectivity index (χ2n) is 7.97.